The third-order valence-corrected chi connectivity index (χ3v) is 3.84. The van der Waals surface area contributed by atoms with Crippen LogP contribution in [0.4, 0.5) is 13.2 Å². The van der Waals surface area contributed by atoms with Gasteiger partial charge in [0.2, 0.25) is 0 Å². The van der Waals surface area contributed by atoms with Gasteiger partial charge in [-0.05, 0) is 48.8 Å². The maximum atomic E-state index is 12.7. The summed E-state index contributed by atoms with van der Waals surface area (Å²) in [7, 11) is 0. The molecule has 0 unspecified atom stereocenters. The Labute approximate surface area is 118 Å². The van der Waals surface area contributed by atoms with Crippen molar-refractivity contribution >= 4 is 0 Å². The number of hydrogen-bond acceptors (Lipinski definition) is 1. The molecular weight excluding hydrogens is 263 g/mol. The van der Waals surface area contributed by atoms with E-state index in [0.29, 0.717) is 5.92 Å². The molecule has 1 nitrogen and oxygen atoms in total. The molecule has 0 saturated heterocycles. The Kier molecular flexibility index (Phi) is 4.43. The largest absolute Gasteiger partial charge is 0.416 e. The van der Waals surface area contributed by atoms with Gasteiger partial charge < -0.3 is 5.32 Å². The van der Waals surface area contributed by atoms with Gasteiger partial charge in [-0.2, -0.15) is 13.2 Å². The number of benzene rings is 1. The first-order chi connectivity index (χ1) is 9.31. The SMILES string of the molecule is CC(C)CNCC1(Cc2cccc(C(F)(F)F)c2)CC1. The van der Waals surface area contributed by atoms with Crippen LogP contribution in [0.1, 0.15) is 37.8 Å². The van der Waals surface area contributed by atoms with Gasteiger partial charge in [0.15, 0.2) is 0 Å². The molecule has 1 aromatic carbocycles. The summed E-state index contributed by atoms with van der Waals surface area (Å²) in [6.07, 6.45) is -1.30. The summed E-state index contributed by atoms with van der Waals surface area (Å²) >= 11 is 0. The van der Waals surface area contributed by atoms with Gasteiger partial charge >= 0.3 is 6.18 Å². The van der Waals surface area contributed by atoms with Crippen LogP contribution in [0.25, 0.3) is 0 Å². The lowest BCUT2D eigenvalue weighted by molar-refractivity contribution is -0.137. The topological polar surface area (TPSA) is 12.0 Å². The number of rotatable bonds is 6. The number of halogens is 3. The van der Waals surface area contributed by atoms with Crippen molar-refractivity contribution < 1.29 is 13.2 Å². The van der Waals surface area contributed by atoms with E-state index in [1.807, 2.05) is 0 Å². The number of hydrogen-bond donors (Lipinski definition) is 1. The second kappa shape index (κ2) is 5.76. The van der Waals surface area contributed by atoms with Gasteiger partial charge in [0.1, 0.15) is 0 Å². The van der Waals surface area contributed by atoms with Crippen molar-refractivity contribution in [2.24, 2.45) is 11.3 Å². The van der Waals surface area contributed by atoms with E-state index in [-0.39, 0.29) is 5.41 Å². The Hall–Kier alpha value is -1.03. The maximum Gasteiger partial charge on any atom is 0.416 e. The predicted molar refractivity (Wildman–Crippen MR) is 74.5 cm³/mol. The van der Waals surface area contributed by atoms with E-state index < -0.39 is 11.7 Å². The van der Waals surface area contributed by atoms with Crippen LogP contribution in [0.15, 0.2) is 24.3 Å². The number of alkyl halides is 3. The predicted octanol–water partition coefficient (Wildman–Crippen LogP) is 4.27. The van der Waals surface area contributed by atoms with Crippen LogP contribution in [0, 0.1) is 11.3 Å². The maximum absolute atomic E-state index is 12.7. The highest BCUT2D eigenvalue weighted by atomic mass is 19.4. The molecule has 0 atom stereocenters. The van der Waals surface area contributed by atoms with Crippen molar-refractivity contribution in [3.63, 3.8) is 0 Å². The monoisotopic (exact) mass is 285 g/mol. The van der Waals surface area contributed by atoms with E-state index in [2.05, 4.69) is 19.2 Å². The Balaban J connectivity index is 1.96. The minimum absolute atomic E-state index is 0.180. The summed E-state index contributed by atoms with van der Waals surface area (Å²) in [5.74, 6) is 0.597. The molecule has 1 fully saturated rings. The van der Waals surface area contributed by atoms with Gasteiger partial charge in [-0.1, -0.05) is 32.0 Å². The molecule has 0 amide bonds. The fourth-order valence-electron chi connectivity index (χ4n) is 2.51. The molecule has 1 aliphatic rings. The van der Waals surface area contributed by atoms with Crippen LogP contribution >= 0.6 is 0 Å². The average Bonchev–Trinajstić information content (AvgIpc) is 3.08. The molecule has 0 aromatic heterocycles. The van der Waals surface area contributed by atoms with E-state index in [1.54, 1.807) is 6.07 Å². The second-order valence-electron chi connectivity index (χ2n) is 6.40. The van der Waals surface area contributed by atoms with E-state index in [9.17, 15) is 13.2 Å². The first-order valence-electron chi connectivity index (χ1n) is 7.18. The molecule has 1 aromatic rings. The van der Waals surface area contributed by atoms with Crippen molar-refractivity contribution in [3.8, 4) is 0 Å². The first-order valence-corrected chi connectivity index (χ1v) is 7.18. The molecule has 2 rings (SSSR count). The van der Waals surface area contributed by atoms with Crippen LogP contribution in [0.3, 0.4) is 0 Å². The average molecular weight is 285 g/mol. The lowest BCUT2D eigenvalue weighted by Crippen LogP contribution is -2.28. The van der Waals surface area contributed by atoms with Crippen molar-refractivity contribution in [3.05, 3.63) is 35.4 Å². The van der Waals surface area contributed by atoms with Crippen LogP contribution in [0.5, 0.6) is 0 Å². The summed E-state index contributed by atoms with van der Waals surface area (Å²) in [6.45, 7) is 6.17. The zero-order chi connectivity index (χ0) is 14.8. The molecular formula is C16H22F3N. The smallest absolute Gasteiger partial charge is 0.316 e. The van der Waals surface area contributed by atoms with Crippen LogP contribution in [0.2, 0.25) is 0 Å². The Morgan fingerprint density at radius 2 is 1.95 bits per heavy atom. The van der Waals surface area contributed by atoms with E-state index >= 15 is 0 Å². The van der Waals surface area contributed by atoms with Crippen molar-refractivity contribution in [2.45, 2.75) is 39.3 Å². The number of nitrogens with one attached hydrogen (secondary N) is 1. The van der Waals surface area contributed by atoms with Crippen LogP contribution in [-0.4, -0.2) is 13.1 Å². The van der Waals surface area contributed by atoms with Gasteiger partial charge in [0.25, 0.3) is 0 Å². The van der Waals surface area contributed by atoms with Crippen molar-refractivity contribution in [1.82, 2.24) is 5.32 Å². The van der Waals surface area contributed by atoms with E-state index in [1.165, 1.54) is 12.1 Å². The van der Waals surface area contributed by atoms with E-state index in [0.717, 1.165) is 44.0 Å². The summed E-state index contributed by atoms with van der Waals surface area (Å²) in [4.78, 5) is 0. The fourth-order valence-corrected chi connectivity index (χ4v) is 2.51. The lowest BCUT2D eigenvalue weighted by Gasteiger charge is -2.18. The molecule has 1 N–H and O–H groups in total. The molecule has 0 spiro atoms. The Morgan fingerprint density at radius 3 is 2.50 bits per heavy atom. The molecule has 0 radical (unpaired) electrons. The Morgan fingerprint density at radius 1 is 1.25 bits per heavy atom. The summed E-state index contributed by atoms with van der Waals surface area (Å²) in [6, 6.07) is 5.75. The van der Waals surface area contributed by atoms with Crippen LogP contribution in [-0.2, 0) is 12.6 Å². The highest BCUT2D eigenvalue weighted by Crippen LogP contribution is 2.48. The summed E-state index contributed by atoms with van der Waals surface area (Å²) < 4.78 is 38.1. The summed E-state index contributed by atoms with van der Waals surface area (Å²) in [5.41, 5.74) is 0.434. The first kappa shape index (κ1) is 15.4. The summed E-state index contributed by atoms with van der Waals surface area (Å²) in [5, 5.41) is 3.43. The second-order valence-corrected chi connectivity index (χ2v) is 6.40. The van der Waals surface area contributed by atoms with E-state index in [4.69, 9.17) is 0 Å². The highest BCUT2D eigenvalue weighted by molar-refractivity contribution is 5.27. The van der Waals surface area contributed by atoms with Gasteiger partial charge in [-0.15, -0.1) is 0 Å². The van der Waals surface area contributed by atoms with Gasteiger partial charge in [0, 0.05) is 6.54 Å². The zero-order valence-electron chi connectivity index (χ0n) is 12.1. The minimum Gasteiger partial charge on any atom is -0.316 e. The normalized spacial score (nSPS) is 17.5. The molecule has 20 heavy (non-hydrogen) atoms. The Bertz CT molecular complexity index is 447. The van der Waals surface area contributed by atoms with Gasteiger partial charge in [-0.25, -0.2) is 0 Å². The van der Waals surface area contributed by atoms with Gasteiger partial charge in [0.05, 0.1) is 5.56 Å². The van der Waals surface area contributed by atoms with Gasteiger partial charge in [-0.3, -0.25) is 0 Å². The van der Waals surface area contributed by atoms with Crippen molar-refractivity contribution in [2.75, 3.05) is 13.1 Å². The standard InChI is InChI=1S/C16H22F3N/c1-12(2)10-20-11-15(6-7-15)9-13-4-3-5-14(8-13)16(17,18)19/h3-5,8,12,20H,6-7,9-11H2,1-2H3. The lowest BCUT2D eigenvalue weighted by atomic mass is 9.95. The minimum atomic E-state index is -4.25. The van der Waals surface area contributed by atoms with Crippen LogP contribution < -0.4 is 5.32 Å². The third-order valence-electron chi connectivity index (χ3n) is 3.84. The fraction of sp³-hybridized carbons (Fsp3) is 0.625. The molecule has 0 aliphatic heterocycles. The molecule has 0 bridgehead atoms. The highest BCUT2D eigenvalue weighted by Gasteiger charge is 2.42. The molecule has 0 heterocycles. The molecule has 4 heteroatoms. The zero-order valence-corrected chi connectivity index (χ0v) is 12.1. The van der Waals surface area contributed by atoms with Crippen molar-refractivity contribution in [1.29, 1.82) is 0 Å². The molecule has 112 valence electrons. The third kappa shape index (κ3) is 4.23. The molecule has 1 aliphatic carbocycles. The quantitative estimate of drug-likeness (QED) is 0.823. The molecule has 1 saturated carbocycles.